The molecule has 5 nitrogen and oxygen atoms in total. The molecule has 5 heteroatoms. The smallest absolute Gasteiger partial charge is 0.255 e. The van der Waals surface area contributed by atoms with Crippen LogP contribution < -0.4 is 5.32 Å². The number of aryl methyl sites for hydroxylation is 2. The number of nitrogens with zero attached hydrogens (tertiary/aromatic N) is 2. The Labute approximate surface area is 161 Å². The lowest BCUT2D eigenvalue weighted by atomic mass is 10.1. The summed E-state index contributed by atoms with van der Waals surface area (Å²) >= 11 is 0. The first-order chi connectivity index (χ1) is 13.0. The Hall–Kier alpha value is -2.66. The van der Waals surface area contributed by atoms with Crippen LogP contribution in [-0.2, 0) is 0 Å². The van der Waals surface area contributed by atoms with E-state index in [0.717, 1.165) is 49.5 Å². The van der Waals surface area contributed by atoms with Gasteiger partial charge in [0.05, 0.1) is 0 Å². The lowest BCUT2D eigenvalue weighted by molar-refractivity contribution is 0.0643. The van der Waals surface area contributed by atoms with Crippen molar-refractivity contribution in [3.8, 4) is 0 Å². The van der Waals surface area contributed by atoms with Gasteiger partial charge in [-0.3, -0.25) is 9.59 Å². The van der Waals surface area contributed by atoms with Gasteiger partial charge in [-0.25, -0.2) is 0 Å². The summed E-state index contributed by atoms with van der Waals surface area (Å²) in [5.74, 6) is -0.129. The number of carbonyl (C=O) groups is 2. The van der Waals surface area contributed by atoms with Gasteiger partial charge in [-0.05, 0) is 55.8 Å². The lowest BCUT2D eigenvalue weighted by Crippen LogP contribution is -2.48. The fraction of sp³-hybridized carbons (Fsp3) is 0.364. The largest absolute Gasteiger partial charge is 0.336 e. The van der Waals surface area contributed by atoms with Crippen LogP contribution in [-0.4, -0.2) is 54.3 Å². The molecule has 1 aliphatic rings. The molecule has 0 unspecified atom stereocenters. The number of para-hydroxylation sites is 1. The van der Waals surface area contributed by atoms with E-state index in [4.69, 9.17) is 0 Å². The summed E-state index contributed by atoms with van der Waals surface area (Å²) in [5, 5.41) is 2.98. The van der Waals surface area contributed by atoms with Gasteiger partial charge in [-0.1, -0.05) is 25.1 Å². The summed E-state index contributed by atoms with van der Waals surface area (Å²) in [6.07, 6.45) is 0. The van der Waals surface area contributed by atoms with Crippen LogP contribution in [0.1, 0.15) is 38.8 Å². The molecule has 0 saturated carbocycles. The highest BCUT2D eigenvalue weighted by molar-refractivity contribution is 6.05. The van der Waals surface area contributed by atoms with Crippen LogP contribution in [0.15, 0.2) is 42.5 Å². The first-order valence-electron chi connectivity index (χ1n) is 9.49. The van der Waals surface area contributed by atoms with E-state index in [9.17, 15) is 9.59 Å². The minimum atomic E-state index is -0.164. The first kappa shape index (κ1) is 19.1. The molecule has 2 aromatic carbocycles. The molecule has 0 radical (unpaired) electrons. The van der Waals surface area contributed by atoms with Crippen LogP contribution in [0.2, 0.25) is 0 Å². The summed E-state index contributed by atoms with van der Waals surface area (Å²) < 4.78 is 0. The number of hydrogen-bond acceptors (Lipinski definition) is 3. The molecule has 2 amide bonds. The van der Waals surface area contributed by atoms with Crippen molar-refractivity contribution in [1.82, 2.24) is 9.80 Å². The van der Waals surface area contributed by atoms with Crippen molar-refractivity contribution in [2.24, 2.45) is 0 Å². The van der Waals surface area contributed by atoms with Crippen molar-refractivity contribution >= 4 is 17.5 Å². The Kier molecular flexibility index (Phi) is 5.91. The lowest BCUT2D eigenvalue weighted by Gasteiger charge is -2.34. The second-order valence-corrected chi connectivity index (χ2v) is 7.02. The summed E-state index contributed by atoms with van der Waals surface area (Å²) in [5.41, 5.74) is 4.08. The second kappa shape index (κ2) is 8.35. The molecule has 3 rings (SSSR count). The molecule has 0 spiro atoms. The van der Waals surface area contributed by atoms with E-state index < -0.39 is 0 Å². The van der Waals surface area contributed by atoms with Gasteiger partial charge in [-0.15, -0.1) is 0 Å². The molecular formula is C22H27N3O2. The number of likely N-dealkylation sites (N-methyl/N-ethyl adjacent to an activating group) is 1. The third-order valence-corrected chi connectivity index (χ3v) is 5.22. The van der Waals surface area contributed by atoms with Crippen LogP contribution in [0.5, 0.6) is 0 Å². The van der Waals surface area contributed by atoms with Gasteiger partial charge in [-0.2, -0.15) is 0 Å². The van der Waals surface area contributed by atoms with Gasteiger partial charge < -0.3 is 15.1 Å². The van der Waals surface area contributed by atoms with E-state index in [1.165, 1.54) is 0 Å². The zero-order chi connectivity index (χ0) is 19.4. The van der Waals surface area contributed by atoms with Crippen LogP contribution in [0, 0.1) is 13.8 Å². The minimum absolute atomic E-state index is 0.0347. The Balaban J connectivity index is 1.66. The fourth-order valence-corrected chi connectivity index (χ4v) is 3.41. The second-order valence-electron chi connectivity index (χ2n) is 7.02. The number of nitrogens with one attached hydrogen (secondary N) is 1. The molecule has 1 fully saturated rings. The van der Waals surface area contributed by atoms with E-state index in [1.54, 1.807) is 24.3 Å². The van der Waals surface area contributed by atoms with Crippen molar-refractivity contribution in [3.05, 3.63) is 64.7 Å². The van der Waals surface area contributed by atoms with E-state index in [2.05, 4.69) is 17.1 Å². The molecule has 0 atom stereocenters. The number of amides is 2. The van der Waals surface area contributed by atoms with Crippen LogP contribution >= 0.6 is 0 Å². The number of hydrogen-bond donors (Lipinski definition) is 1. The van der Waals surface area contributed by atoms with Crippen molar-refractivity contribution in [2.45, 2.75) is 20.8 Å². The molecule has 1 heterocycles. The molecule has 1 saturated heterocycles. The maximum absolute atomic E-state index is 12.7. The molecular weight excluding hydrogens is 338 g/mol. The van der Waals surface area contributed by atoms with Gasteiger partial charge >= 0.3 is 0 Å². The summed E-state index contributed by atoms with van der Waals surface area (Å²) in [6.45, 7) is 10.4. The third kappa shape index (κ3) is 4.37. The number of carbonyl (C=O) groups excluding carboxylic acids is 2. The predicted molar refractivity (Wildman–Crippen MR) is 108 cm³/mol. The number of benzene rings is 2. The van der Waals surface area contributed by atoms with E-state index in [-0.39, 0.29) is 11.8 Å². The van der Waals surface area contributed by atoms with Crippen molar-refractivity contribution in [3.63, 3.8) is 0 Å². The van der Waals surface area contributed by atoms with Gasteiger partial charge in [0.1, 0.15) is 0 Å². The maximum Gasteiger partial charge on any atom is 0.255 e. The number of piperazine rings is 1. The van der Waals surface area contributed by atoms with Gasteiger partial charge in [0, 0.05) is 43.0 Å². The van der Waals surface area contributed by atoms with Crippen LogP contribution in [0.4, 0.5) is 5.69 Å². The quantitative estimate of drug-likeness (QED) is 0.904. The van der Waals surface area contributed by atoms with E-state index in [1.807, 2.05) is 36.9 Å². The van der Waals surface area contributed by atoms with Crippen LogP contribution in [0.3, 0.4) is 0 Å². The Bertz CT molecular complexity index is 802. The Morgan fingerprint density at radius 1 is 0.889 bits per heavy atom. The highest BCUT2D eigenvalue weighted by Gasteiger charge is 2.21. The van der Waals surface area contributed by atoms with Gasteiger partial charge in [0.15, 0.2) is 0 Å². The highest BCUT2D eigenvalue weighted by atomic mass is 16.2. The molecule has 142 valence electrons. The monoisotopic (exact) mass is 365 g/mol. The fourth-order valence-electron chi connectivity index (χ4n) is 3.41. The number of rotatable bonds is 4. The average molecular weight is 365 g/mol. The standard InChI is InChI=1S/C22H27N3O2/c1-4-24-12-14-25(15-13-24)22(27)19-10-8-18(9-11-19)21(26)23-20-16(2)6-5-7-17(20)3/h5-11H,4,12-15H2,1-3H3,(H,23,26). The molecule has 0 aromatic heterocycles. The van der Waals surface area contributed by atoms with Crippen molar-refractivity contribution < 1.29 is 9.59 Å². The predicted octanol–water partition coefficient (Wildman–Crippen LogP) is 3.33. The SMILES string of the molecule is CCN1CCN(C(=O)c2ccc(C(=O)Nc3c(C)cccc3C)cc2)CC1. The summed E-state index contributed by atoms with van der Waals surface area (Å²) in [4.78, 5) is 29.4. The topological polar surface area (TPSA) is 52.7 Å². The van der Waals surface area contributed by atoms with E-state index in [0.29, 0.717) is 11.1 Å². The Morgan fingerprint density at radius 3 is 2.00 bits per heavy atom. The minimum Gasteiger partial charge on any atom is -0.336 e. The van der Waals surface area contributed by atoms with Crippen LogP contribution in [0.25, 0.3) is 0 Å². The van der Waals surface area contributed by atoms with Crippen molar-refractivity contribution in [1.29, 1.82) is 0 Å². The first-order valence-corrected chi connectivity index (χ1v) is 9.49. The maximum atomic E-state index is 12.7. The van der Waals surface area contributed by atoms with Gasteiger partial charge in [0.25, 0.3) is 11.8 Å². The highest BCUT2D eigenvalue weighted by Crippen LogP contribution is 2.20. The number of anilines is 1. The molecule has 0 aliphatic carbocycles. The third-order valence-electron chi connectivity index (χ3n) is 5.22. The van der Waals surface area contributed by atoms with Crippen molar-refractivity contribution in [2.75, 3.05) is 38.0 Å². The Morgan fingerprint density at radius 2 is 1.44 bits per heavy atom. The molecule has 2 aromatic rings. The molecule has 27 heavy (non-hydrogen) atoms. The average Bonchev–Trinajstić information content (AvgIpc) is 2.70. The molecule has 1 aliphatic heterocycles. The zero-order valence-corrected chi connectivity index (χ0v) is 16.3. The zero-order valence-electron chi connectivity index (χ0n) is 16.3. The summed E-state index contributed by atoms with van der Waals surface area (Å²) in [7, 11) is 0. The summed E-state index contributed by atoms with van der Waals surface area (Å²) in [6, 6.07) is 12.9. The molecule has 1 N–H and O–H groups in total. The van der Waals surface area contributed by atoms with E-state index >= 15 is 0 Å². The normalized spacial score (nSPS) is 14.9. The van der Waals surface area contributed by atoms with Gasteiger partial charge in [0.2, 0.25) is 0 Å². The molecule has 0 bridgehead atoms.